The summed E-state index contributed by atoms with van der Waals surface area (Å²) in [7, 11) is 0. The Morgan fingerprint density at radius 3 is 2.55 bits per heavy atom. The zero-order valence-electron chi connectivity index (χ0n) is 10.6. The van der Waals surface area contributed by atoms with Crippen LogP contribution in [0.25, 0.3) is 0 Å². The van der Waals surface area contributed by atoms with Crippen LogP contribution in [0.3, 0.4) is 0 Å². The van der Waals surface area contributed by atoms with Gasteiger partial charge in [-0.2, -0.15) is 0 Å². The first-order valence-electron chi connectivity index (χ1n) is 6.10. The third-order valence-electron chi connectivity index (χ3n) is 3.40. The van der Waals surface area contributed by atoms with Crippen molar-refractivity contribution in [2.45, 2.75) is 12.3 Å². The maximum atomic E-state index is 9.87. The molecule has 0 fully saturated rings. The molecule has 0 bridgehead atoms. The Hall–Kier alpha value is -2.07. The molecule has 3 N–H and O–H groups in total. The number of benzene rings is 2. The van der Waals surface area contributed by atoms with Crippen molar-refractivity contribution in [2.24, 2.45) is 0 Å². The maximum Gasteiger partial charge on any atom is 0.129 e. The van der Waals surface area contributed by atoms with Crippen molar-refractivity contribution in [3.63, 3.8) is 0 Å². The molecule has 0 amide bonds. The predicted molar refractivity (Wildman–Crippen MR) is 77.1 cm³/mol. The van der Waals surface area contributed by atoms with Crippen molar-refractivity contribution < 1.29 is 20.1 Å². The molecular formula is C15H15ClO4. The molecule has 4 nitrogen and oxygen atoms in total. The number of ether oxygens (including phenoxy) is 1. The van der Waals surface area contributed by atoms with Gasteiger partial charge in [-0.1, -0.05) is 12.1 Å². The molecule has 0 aromatic heterocycles. The van der Waals surface area contributed by atoms with E-state index in [2.05, 4.69) is 0 Å². The molecule has 5 heteroatoms. The minimum Gasteiger partial charge on any atom is -0.508 e. The SMILES string of the molecule is Cl.Oc1cccc(C2COc3cc(O)cc(O)c3C2)c1. The number of phenolic OH excluding ortho intramolecular Hbond substituents is 3. The Morgan fingerprint density at radius 2 is 1.80 bits per heavy atom. The van der Waals surface area contributed by atoms with Crippen LogP contribution in [0.1, 0.15) is 17.0 Å². The van der Waals surface area contributed by atoms with Gasteiger partial charge in [0.15, 0.2) is 0 Å². The molecule has 106 valence electrons. The van der Waals surface area contributed by atoms with Crippen molar-refractivity contribution in [3.05, 3.63) is 47.5 Å². The number of phenols is 3. The molecule has 0 saturated heterocycles. The van der Waals surface area contributed by atoms with E-state index in [0.717, 1.165) is 5.56 Å². The quantitative estimate of drug-likeness (QED) is 0.756. The molecule has 0 spiro atoms. The van der Waals surface area contributed by atoms with Crippen LogP contribution in [0.5, 0.6) is 23.0 Å². The molecule has 0 aliphatic carbocycles. The lowest BCUT2D eigenvalue weighted by molar-refractivity contribution is 0.256. The molecule has 0 saturated carbocycles. The van der Waals surface area contributed by atoms with Crippen LogP contribution in [0.2, 0.25) is 0 Å². The standard InChI is InChI=1S/C15H14O4.ClH/c16-11-3-1-2-9(4-11)10-5-13-14(18)6-12(17)7-15(13)19-8-10;/h1-4,6-7,10,16-18H,5,8H2;1H. The third kappa shape index (κ3) is 2.60. The normalized spacial score (nSPS) is 16.7. The van der Waals surface area contributed by atoms with E-state index in [1.165, 1.54) is 12.1 Å². The Morgan fingerprint density at radius 1 is 1.00 bits per heavy atom. The maximum absolute atomic E-state index is 9.87. The minimum atomic E-state index is -0.00736. The van der Waals surface area contributed by atoms with Gasteiger partial charge in [-0.05, 0) is 24.1 Å². The van der Waals surface area contributed by atoms with Gasteiger partial charge in [0.25, 0.3) is 0 Å². The highest BCUT2D eigenvalue weighted by atomic mass is 35.5. The van der Waals surface area contributed by atoms with Gasteiger partial charge in [-0.25, -0.2) is 0 Å². The number of hydrogen-bond acceptors (Lipinski definition) is 4. The van der Waals surface area contributed by atoms with Gasteiger partial charge in [0.05, 0.1) is 6.61 Å². The number of aromatic hydroxyl groups is 3. The van der Waals surface area contributed by atoms with Crippen LogP contribution >= 0.6 is 12.4 Å². The first-order chi connectivity index (χ1) is 9.13. The molecule has 2 aromatic rings. The molecule has 0 radical (unpaired) electrons. The minimum absolute atomic E-state index is 0. The summed E-state index contributed by atoms with van der Waals surface area (Å²) < 4.78 is 5.59. The highest BCUT2D eigenvalue weighted by Crippen LogP contribution is 2.40. The molecule has 2 aromatic carbocycles. The van der Waals surface area contributed by atoms with E-state index in [1.807, 2.05) is 6.07 Å². The topological polar surface area (TPSA) is 69.9 Å². The molecular weight excluding hydrogens is 280 g/mol. The molecule has 20 heavy (non-hydrogen) atoms. The fraction of sp³-hybridized carbons (Fsp3) is 0.200. The molecule has 1 heterocycles. The Kier molecular flexibility index (Phi) is 3.95. The van der Waals surface area contributed by atoms with Crippen molar-refractivity contribution in [1.82, 2.24) is 0 Å². The second-order valence-corrected chi connectivity index (χ2v) is 4.75. The molecule has 1 atom stereocenters. The van der Waals surface area contributed by atoms with Gasteiger partial charge in [-0.15, -0.1) is 12.4 Å². The smallest absolute Gasteiger partial charge is 0.129 e. The molecule has 1 aliphatic rings. The summed E-state index contributed by atoms with van der Waals surface area (Å²) in [6.45, 7) is 0.458. The number of hydrogen-bond donors (Lipinski definition) is 3. The van der Waals surface area contributed by atoms with Gasteiger partial charge >= 0.3 is 0 Å². The first kappa shape index (κ1) is 14.3. The number of fused-ring (bicyclic) bond motifs is 1. The zero-order valence-corrected chi connectivity index (χ0v) is 11.4. The van der Waals surface area contributed by atoms with Crippen LogP contribution in [0, 0.1) is 0 Å². The number of rotatable bonds is 1. The summed E-state index contributed by atoms with van der Waals surface area (Å²) in [4.78, 5) is 0. The Labute approximate surface area is 122 Å². The largest absolute Gasteiger partial charge is 0.508 e. The van der Waals surface area contributed by atoms with Gasteiger partial charge in [-0.3, -0.25) is 0 Å². The summed E-state index contributed by atoms with van der Waals surface area (Å²) in [5.41, 5.74) is 1.66. The van der Waals surface area contributed by atoms with Crippen molar-refractivity contribution in [1.29, 1.82) is 0 Å². The lowest BCUT2D eigenvalue weighted by Crippen LogP contribution is -2.19. The summed E-state index contributed by atoms with van der Waals surface area (Å²) in [5.74, 6) is 0.856. The highest BCUT2D eigenvalue weighted by molar-refractivity contribution is 5.85. The average Bonchev–Trinajstić information content (AvgIpc) is 2.38. The van der Waals surface area contributed by atoms with E-state index in [4.69, 9.17) is 4.74 Å². The average molecular weight is 295 g/mol. The van der Waals surface area contributed by atoms with Gasteiger partial charge in [0.1, 0.15) is 23.0 Å². The van der Waals surface area contributed by atoms with Crippen molar-refractivity contribution in [2.75, 3.05) is 6.61 Å². The molecule has 3 rings (SSSR count). The van der Waals surface area contributed by atoms with E-state index < -0.39 is 0 Å². The van der Waals surface area contributed by atoms with Crippen LogP contribution in [0.4, 0.5) is 0 Å². The zero-order chi connectivity index (χ0) is 13.4. The predicted octanol–water partition coefficient (Wildman–Crippen LogP) is 2.94. The summed E-state index contributed by atoms with van der Waals surface area (Å²) in [5, 5.41) is 28.8. The van der Waals surface area contributed by atoms with E-state index in [-0.39, 0.29) is 35.6 Å². The fourth-order valence-electron chi connectivity index (χ4n) is 2.44. The lowest BCUT2D eigenvalue weighted by atomic mass is 9.90. The van der Waals surface area contributed by atoms with Crippen LogP contribution < -0.4 is 4.74 Å². The van der Waals surface area contributed by atoms with Crippen LogP contribution in [-0.4, -0.2) is 21.9 Å². The summed E-state index contributed by atoms with van der Waals surface area (Å²) >= 11 is 0. The van der Waals surface area contributed by atoms with Gasteiger partial charge in [0, 0.05) is 23.6 Å². The van der Waals surface area contributed by atoms with Crippen LogP contribution in [-0.2, 0) is 6.42 Å². The first-order valence-corrected chi connectivity index (χ1v) is 6.10. The summed E-state index contributed by atoms with van der Waals surface area (Å²) in [6, 6.07) is 9.86. The number of halogens is 1. The van der Waals surface area contributed by atoms with Crippen molar-refractivity contribution in [3.8, 4) is 23.0 Å². The van der Waals surface area contributed by atoms with Crippen molar-refractivity contribution >= 4 is 12.4 Å². The van der Waals surface area contributed by atoms with E-state index in [9.17, 15) is 15.3 Å². The Bertz CT molecular complexity index is 627. The molecule has 1 aliphatic heterocycles. The van der Waals surface area contributed by atoms with Gasteiger partial charge in [0.2, 0.25) is 0 Å². The summed E-state index contributed by atoms with van der Waals surface area (Å²) in [6.07, 6.45) is 0.616. The second kappa shape index (κ2) is 5.51. The third-order valence-corrected chi connectivity index (χ3v) is 3.40. The second-order valence-electron chi connectivity index (χ2n) is 4.75. The van der Waals surface area contributed by atoms with Gasteiger partial charge < -0.3 is 20.1 Å². The van der Waals surface area contributed by atoms with E-state index in [0.29, 0.717) is 24.3 Å². The van der Waals surface area contributed by atoms with E-state index in [1.54, 1.807) is 18.2 Å². The van der Waals surface area contributed by atoms with Crippen LogP contribution in [0.15, 0.2) is 36.4 Å². The molecule has 1 unspecified atom stereocenters. The fourth-order valence-corrected chi connectivity index (χ4v) is 2.44. The highest BCUT2D eigenvalue weighted by Gasteiger charge is 2.24. The lowest BCUT2D eigenvalue weighted by Gasteiger charge is -2.26. The Balaban J connectivity index is 0.00000147. The van der Waals surface area contributed by atoms with E-state index >= 15 is 0 Å². The monoisotopic (exact) mass is 294 g/mol.